The number of halogens is 6. The highest BCUT2D eigenvalue weighted by Crippen LogP contribution is 2.28. The molecular formula is C17H17Cl6N3O5. The molecule has 8 nitrogen and oxygen atoms in total. The molecule has 1 aliphatic rings. The fourth-order valence-electron chi connectivity index (χ4n) is 2.73. The van der Waals surface area contributed by atoms with Gasteiger partial charge in [0, 0.05) is 12.1 Å². The number of hydrogen-bond acceptors (Lipinski definition) is 5. The Morgan fingerprint density at radius 3 is 2.16 bits per heavy atom. The van der Waals surface area contributed by atoms with Crippen molar-refractivity contribution in [3.63, 3.8) is 0 Å². The summed E-state index contributed by atoms with van der Waals surface area (Å²) in [6, 6.07) is 8.44. The summed E-state index contributed by atoms with van der Waals surface area (Å²) in [6.45, 7) is -0.855. The fraction of sp³-hybridized carbons (Fsp3) is 0.471. The van der Waals surface area contributed by atoms with Gasteiger partial charge in [0.1, 0.15) is 19.4 Å². The minimum atomic E-state index is -1.88. The van der Waals surface area contributed by atoms with Gasteiger partial charge in [0.05, 0.1) is 0 Å². The monoisotopic (exact) mass is 553 g/mol. The highest BCUT2D eigenvalue weighted by atomic mass is 35.6. The van der Waals surface area contributed by atoms with Gasteiger partial charge in [0.25, 0.3) is 5.91 Å². The van der Waals surface area contributed by atoms with E-state index in [1.807, 2.05) is 0 Å². The zero-order valence-corrected chi connectivity index (χ0v) is 20.2. The molecule has 1 aromatic carbocycles. The minimum Gasteiger partial charge on any atom is -0.444 e. The number of ether oxygens (including phenoxy) is 2. The van der Waals surface area contributed by atoms with Crippen LogP contribution >= 0.6 is 69.6 Å². The first-order chi connectivity index (χ1) is 14.4. The quantitative estimate of drug-likeness (QED) is 0.414. The molecule has 1 heterocycles. The Labute approximate surface area is 208 Å². The highest BCUT2D eigenvalue weighted by molar-refractivity contribution is 6.68. The second-order valence-electron chi connectivity index (χ2n) is 6.33. The van der Waals surface area contributed by atoms with Crippen LogP contribution in [0.15, 0.2) is 30.3 Å². The maximum Gasteiger partial charge on any atom is 0.430 e. The lowest BCUT2D eigenvalue weighted by atomic mass is 10.2. The van der Waals surface area contributed by atoms with Crippen LogP contribution in [0.5, 0.6) is 0 Å². The summed E-state index contributed by atoms with van der Waals surface area (Å²) in [4.78, 5) is 39.2. The lowest BCUT2D eigenvalue weighted by molar-refractivity contribution is 0.0146. The average molecular weight is 556 g/mol. The van der Waals surface area contributed by atoms with Gasteiger partial charge >= 0.3 is 12.2 Å². The van der Waals surface area contributed by atoms with Crippen molar-refractivity contribution in [2.24, 2.45) is 0 Å². The molecular weight excluding hydrogens is 539 g/mol. The van der Waals surface area contributed by atoms with Crippen molar-refractivity contribution < 1.29 is 23.9 Å². The Morgan fingerprint density at radius 1 is 1.00 bits per heavy atom. The molecule has 0 aliphatic carbocycles. The number of likely N-dealkylation sites (tertiary alicyclic amines) is 1. The summed E-state index contributed by atoms with van der Waals surface area (Å²) in [5.41, 5.74) is 2.61. The Kier molecular flexibility index (Phi) is 9.48. The van der Waals surface area contributed by atoms with Crippen LogP contribution in [0.25, 0.3) is 0 Å². The Morgan fingerprint density at radius 2 is 1.58 bits per heavy atom. The van der Waals surface area contributed by atoms with E-state index in [9.17, 15) is 14.4 Å². The molecule has 0 radical (unpaired) electrons. The highest BCUT2D eigenvalue weighted by Gasteiger charge is 2.39. The van der Waals surface area contributed by atoms with E-state index in [0.717, 1.165) is 5.01 Å². The number of nitrogens with one attached hydrogen (secondary N) is 1. The van der Waals surface area contributed by atoms with Gasteiger partial charge in [-0.1, -0.05) is 87.8 Å². The molecule has 172 valence electrons. The van der Waals surface area contributed by atoms with Crippen LogP contribution in [0.2, 0.25) is 0 Å². The summed E-state index contributed by atoms with van der Waals surface area (Å²) in [6.07, 6.45) is -2.18. The number of alkyl halides is 6. The van der Waals surface area contributed by atoms with Crippen LogP contribution in [0.3, 0.4) is 0 Å². The van der Waals surface area contributed by atoms with Crippen LogP contribution in [-0.2, 0) is 9.47 Å². The molecule has 0 saturated carbocycles. The molecule has 1 N–H and O–H groups in total. The van der Waals surface area contributed by atoms with E-state index in [1.54, 1.807) is 30.3 Å². The van der Waals surface area contributed by atoms with Crippen molar-refractivity contribution in [1.82, 2.24) is 15.3 Å². The molecule has 1 aromatic rings. The van der Waals surface area contributed by atoms with Crippen molar-refractivity contribution in [1.29, 1.82) is 0 Å². The second-order valence-corrected chi connectivity index (χ2v) is 11.4. The van der Waals surface area contributed by atoms with E-state index in [-0.39, 0.29) is 5.91 Å². The van der Waals surface area contributed by atoms with E-state index >= 15 is 0 Å². The molecule has 0 bridgehead atoms. The van der Waals surface area contributed by atoms with Crippen LogP contribution in [0.4, 0.5) is 9.59 Å². The summed E-state index contributed by atoms with van der Waals surface area (Å²) >= 11 is 33.5. The van der Waals surface area contributed by atoms with Crippen molar-refractivity contribution in [3.8, 4) is 0 Å². The zero-order valence-electron chi connectivity index (χ0n) is 15.7. The Balaban J connectivity index is 2.20. The second kappa shape index (κ2) is 11.2. The standard InChI is InChI=1S/C17H17Cl6N3O5/c18-16(19,20)9-30-14(28)24-26(15(29)31-10-17(21,22)23)12-7-4-8-25(12)13(27)11-5-2-1-3-6-11/h1-3,5-6,12H,4,7-10H2,(H,24,28). The normalized spacial score (nSPS) is 16.6. The maximum atomic E-state index is 12.9. The number of nitrogens with zero attached hydrogens (tertiary/aromatic N) is 2. The summed E-state index contributed by atoms with van der Waals surface area (Å²) in [7, 11) is 0. The van der Waals surface area contributed by atoms with Gasteiger partial charge < -0.3 is 14.4 Å². The number of rotatable bonds is 4. The lowest BCUT2D eigenvalue weighted by Crippen LogP contribution is -2.58. The third kappa shape index (κ3) is 8.79. The van der Waals surface area contributed by atoms with Crippen LogP contribution in [0.1, 0.15) is 23.2 Å². The number of amides is 3. The van der Waals surface area contributed by atoms with Gasteiger partial charge in [0.2, 0.25) is 7.59 Å². The van der Waals surface area contributed by atoms with Gasteiger partial charge in [-0.2, -0.15) is 5.01 Å². The molecule has 14 heteroatoms. The van der Waals surface area contributed by atoms with Gasteiger partial charge in [0.15, 0.2) is 0 Å². The first-order valence-electron chi connectivity index (χ1n) is 8.76. The van der Waals surface area contributed by atoms with E-state index in [1.165, 1.54) is 4.90 Å². The average Bonchev–Trinajstić information content (AvgIpc) is 3.17. The molecule has 1 aliphatic heterocycles. The predicted molar refractivity (Wildman–Crippen MR) is 119 cm³/mol. The Hall–Kier alpha value is -1.03. The molecule has 1 fully saturated rings. The Bertz CT molecular complexity index is 787. The molecule has 0 spiro atoms. The minimum absolute atomic E-state index is 0.331. The SMILES string of the molecule is O=C(NN(C(=O)OCC(Cl)(Cl)Cl)C1CCCN1C(=O)c1ccccc1)OCC(Cl)(Cl)Cl. The molecule has 0 aromatic heterocycles. The van der Waals surface area contributed by atoms with Crippen molar-refractivity contribution in [2.45, 2.75) is 26.6 Å². The first kappa shape index (κ1) is 26.2. The van der Waals surface area contributed by atoms with Crippen LogP contribution in [0, 0.1) is 0 Å². The van der Waals surface area contributed by atoms with E-state index in [4.69, 9.17) is 79.1 Å². The van der Waals surface area contributed by atoms with Gasteiger partial charge in [-0.15, -0.1) is 0 Å². The molecule has 31 heavy (non-hydrogen) atoms. The lowest BCUT2D eigenvalue weighted by Gasteiger charge is -2.34. The van der Waals surface area contributed by atoms with Crippen LogP contribution < -0.4 is 5.43 Å². The van der Waals surface area contributed by atoms with E-state index in [2.05, 4.69) is 5.43 Å². The first-order valence-corrected chi connectivity index (χ1v) is 11.0. The van der Waals surface area contributed by atoms with Crippen LogP contribution in [-0.4, -0.2) is 61.5 Å². The molecule has 1 atom stereocenters. The van der Waals surface area contributed by atoms with Gasteiger partial charge in [-0.05, 0) is 25.0 Å². The third-order valence-corrected chi connectivity index (χ3v) is 4.59. The van der Waals surface area contributed by atoms with Gasteiger partial charge in [-0.3, -0.25) is 4.79 Å². The number of benzene rings is 1. The largest absolute Gasteiger partial charge is 0.444 e. The fourth-order valence-corrected chi connectivity index (χ4v) is 3.06. The maximum absolute atomic E-state index is 12.9. The number of hydrazine groups is 1. The smallest absolute Gasteiger partial charge is 0.430 e. The van der Waals surface area contributed by atoms with E-state index in [0.29, 0.717) is 24.9 Å². The molecule has 3 amide bonds. The number of hydrogen-bond donors (Lipinski definition) is 1. The number of carbonyl (C=O) groups excluding carboxylic acids is 3. The predicted octanol–water partition coefficient (Wildman–Crippen LogP) is 5.07. The van der Waals surface area contributed by atoms with Crippen molar-refractivity contribution in [2.75, 3.05) is 19.8 Å². The topological polar surface area (TPSA) is 88.2 Å². The summed E-state index contributed by atoms with van der Waals surface area (Å²) in [5, 5.41) is 0.783. The number of carbonyl (C=O) groups is 3. The summed E-state index contributed by atoms with van der Waals surface area (Å²) in [5.74, 6) is -0.348. The third-order valence-electron chi connectivity index (χ3n) is 3.94. The van der Waals surface area contributed by atoms with Crippen molar-refractivity contribution >= 4 is 87.7 Å². The zero-order chi connectivity index (χ0) is 23.2. The van der Waals surface area contributed by atoms with Gasteiger partial charge in [-0.25, -0.2) is 15.0 Å². The summed E-state index contributed by atoms with van der Waals surface area (Å²) < 4.78 is 6.02. The van der Waals surface area contributed by atoms with E-state index < -0.39 is 39.2 Å². The van der Waals surface area contributed by atoms with Crippen molar-refractivity contribution in [3.05, 3.63) is 35.9 Å². The molecule has 1 saturated heterocycles. The molecule has 1 unspecified atom stereocenters. The molecule has 2 rings (SSSR count).